The molecule has 0 bridgehead atoms. The second kappa shape index (κ2) is 7.17. The second-order valence-electron chi connectivity index (χ2n) is 4.47. The van der Waals surface area contributed by atoms with Gasteiger partial charge in [-0.05, 0) is 23.8 Å². The summed E-state index contributed by atoms with van der Waals surface area (Å²) >= 11 is 5.86. The third-order valence-corrected chi connectivity index (χ3v) is 3.36. The quantitative estimate of drug-likeness (QED) is 0.807. The van der Waals surface area contributed by atoms with Gasteiger partial charge in [0.2, 0.25) is 0 Å². The molecule has 2 rings (SSSR count). The van der Waals surface area contributed by atoms with Crippen LogP contribution in [-0.4, -0.2) is 13.7 Å². The number of quaternary nitrogens is 1. The zero-order valence-corrected chi connectivity index (χ0v) is 11.9. The lowest BCUT2D eigenvalue weighted by molar-refractivity contribution is -0.670. The standard InChI is InChI=1S/C16H18ClNO/c1-19-16-5-3-2-4-14(16)10-11-18-12-13-6-8-15(17)9-7-13/h2-9,18H,10-12H2,1H3/p+1. The van der Waals surface area contributed by atoms with Gasteiger partial charge in [0.15, 0.2) is 0 Å². The first-order chi connectivity index (χ1) is 9.29. The summed E-state index contributed by atoms with van der Waals surface area (Å²) < 4.78 is 5.35. The van der Waals surface area contributed by atoms with Crippen LogP contribution in [-0.2, 0) is 13.0 Å². The Morgan fingerprint density at radius 3 is 2.53 bits per heavy atom. The van der Waals surface area contributed by atoms with E-state index in [1.807, 2.05) is 24.3 Å². The van der Waals surface area contributed by atoms with E-state index in [9.17, 15) is 0 Å². The molecule has 0 aliphatic heterocycles. The number of halogens is 1. The molecule has 0 amide bonds. The van der Waals surface area contributed by atoms with Crippen molar-refractivity contribution in [2.45, 2.75) is 13.0 Å². The molecule has 3 heteroatoms. The van der Waals surface area contributed by atoms with Gasteiger partial charge in [-0.15, -0.1) is 0 Å². The van der Waals surface area contributed by atoms with Crippen molar-refractivity contribution in [2.75, 3.05) is 13.7 Å². The molecule has 0 spiro atoms. The van der Waals surface area contributed by atoms with Crippen molar-refractivity contribution in [1.82, 2.24) is 0 Å². The molecular formula is C16H19ClNO+. The highest BCUT2D eigenvalue weighted by molar-refractivity contribution is 6.30. The molecule has 2 aromatic carbocycles. The van der Waals surface area contributed by atoms with Gasteiger partial charge >= 0.3 is 0 Å². The first-order valence-corrected chi connectivity index (χ1v) is 6.85. The maximum Gasteiger partial charge on any atom is 0.122 e. The zero-order chi connectivity index (χ0) is 13.5. The molecule has 0 fully saturated rings. The average molecular weight is 277 g/mol. The van der Waals surface area contributed by atoms with Crippen LogP contribution < -0.4 is 10.1 Å². The van der Waals surface area contributed by atoms with Crippen molar-refractivity contribution in [3.05, 3.63) is 64.7 Å². The summed E-state index contributed by atoms with van der Waals surface area (Å²) in [5.74, 6) is 0.974. The Morgan fingerprint density at radius 2 is 1.79 bits per heavy atom. The second-order valence-corrected chi connectivity index (χ2v) is 4.91. The van der Waals surface area contributed by atoms with Crippen LogP contribution in [0.2, 0.25) is 5.02 Å². The van der Waals surface area contributed by atoms with E-state index in [4.69, 9.17) is 16.3 Å². The lowest BCUT2D eigenvalue weighted by Crippen LogP contribution is -2.83. The molecule has 0 unspecified atom stereocenters. The fourth-order valence-electron chi connectivity index (χ4n) is 2.06. The van der Waals surface area contributed by atoms with E-state index in [1.54, 1.807) is 7.11 Å². The number of benzene rings is 2. The minimum Gasteiger partial charge on any atom is -0.496 e. The van der Waals surface area contributed by atoms with Crippen molar-refractivity contribution >= 4 is 11.6 Å². The highest BCUT2D eigenvalue weighted by Gasteiger charge is 2.02. The van der Waals surface area contributed by atoms with Crippen LogP contribution >= 0.6 is 11.6 Å². The minimum absolute atomic E-state index is 0.790. The molecular weight excluding hydrogens is 258 g/mol. The fraction of sp³-hybridized carbons (Fsp3) is 0.250. The molecule has 0 atom stereocenters. The number of nitrogens with two attached hydrogens (primary N) is 1. The van der Waals surface area contributed by atoms with E-state index in [1.165, 1.54) is 11.1 Å². The van der Waals surface area contributed by atoms with Crippen LogP contribution in [0.4, 0.5) is 0 Å². The molecule has 0 aromatic heterocycles. The summed E-state index contributed by atoms with van der Waals surface area (Å²) in [6, 6.07) is 16.2. The highest BCUT2D eigenvalue weighted by atomic mass is 35.5. The van der Waals surface area contributed by atoms with Gasteiger partial charge in [0.1, 0.15) is 12.3 Å². The first-order valence-electron chi connectivity index (χ1n) is 6.47. The van der Waals surface area contributed by atoms with Crippen molar-refractivity contribution in [1.29, 1.82) is 0 Å². The third-order valence-electron chi connectivity index (χ3n) is 3.10. The van der Waals surface area contributed by atoms with Gasteiger partial charge in [-0.3, -0.25) is 0 Å². The van der Waals surface area contributed by atoms with E-state index in [-0.39, 0.29) is 0 Å². The SMILES string of the molecule is COc1ccccc1CC[NH2+]Cc1ccc(Cl)cc1. The summed E-state index contributed by atoms with van der Waals surface area (Å²) in [6.07, 6.45) is 1.01. The molecule has 2 N–H and O–H groups in total. The minimum atomic E-state index is 0.790. The van der Waals surface area contributed by atoms with E-state index >= 15 is 0 Å². The number of methoxy groups -OCH3 is 1. The molecule has 0 saturated heterocycles. The van der Waals surface area contributed by atoms with Gasteiger partial charge in [-0.1, -0.05) is 41.9 Å². The lowest BCUT2D eigenvalue weighted by atomic mass is 10.1. The Hall–Kier alpha value is -1.51. The monoisotopic (exact) mass is 276 g/mol. The van der Waals surface area contributed by atoms with Crippen molar-refractivity contribution < 1.29 is 10.1 Å². The first kappa shape index (κ1) is 13.9. The summed E-state index contributed by atoms with van der Waals surface area (Å²) in [7, 11) is 1.72. The van der Waals surface area contributed by atoms with Gasteiger partial charge in [-0.25, -0.2) is 0 Å². The van der Waals surface area contributed by atoms with Crippen LogP contribution in [0.5, 0.6) is 5.75 Å². The van der Waals surface area contributed by atoms with Crippen LogP contribution in [0.25, 0.3) is 0 Å². The molecule has 2 nitrogen and oxygen atoms in total. The van der Waals surface area contributed by atoms with Crippen LogP contribution in [0.3, 0.4) is 0 Å². The summed E-state index contributed by atoms with van der Waals surface area (Å²) in [5, 5.41) is 3.09. The van der Waals surface area contributed by atoms with Gasteiger partial charge < -0.3 is 10.1 Å². The molecule has 0 aliphatic carbocycles. The highest BCUT2D eigenvalue weighted by Crippen LogP contribution is 2.16. The molecule has 0 heterocycles. The summed E-state index contributed by atoms with van der Waals surface area (Å²) in [5.41, 5.74) is 2.56. The average Bonchev–Trinajstić information content (AvgIpc) is 2.46. The Balaban J connectivity index is 1.79. The van der Waals surface area contributed by atoms with Crippen molar-refractivity contribution in [2.24, 2.45) is 0 Å². The van der Waals surface area contributed by atoms with Gasteiger partial charge in [0.25, 0.3) is 0 Å². The summed E-state index contributed by atoms with van der Waals surface area (Å²) in [6.45, 7) is 2.02. The molecule has 0 aliphatic rings. The smallest absolute Gasteiger partial charge is 0.122 e. The molecule has 0 radical (unpaired) electrons. The van der Waals surface area contributed by atoms with Crippen LogP contribution in [0, 0.1) is 0 Å². The van der Waals surface area contributed by atoms with Gasteiger partial charge in [-0.2, -0.15) is 0 Å². The predicted octanol–water partition coefficient (Wildman–Crippen LogP) is 2.65. The number of para-hydroxylation sites is 1. The Bertz CT molecular complexity index is 510. The largest absolute Gasteiger partial charge is 0.496 e. The molecule has 0 saturated carbocycles. The topological polar surface area (TPSA) is 25.8 Å². The molecule has 19 heavy (non-hydrogen) atoms. The molecule has 2 aromatic rings. The number of hydrogen-bond donors (Lipinski definition) is 1. The maximum atomic E-state index is 5.86. The number of rotatable bonds is 6. The van der Waals surface area contributed by atoms with E-state index in [0.717, 1.165) is 30.3 Å². The fourth-order valence-corrected chi connectivity index (χ4v) is 2.18. The Labute approximate surface area is 119 Å². The Kier molecular flexibility index (Phi) is 5.25. The number of hydrogen-bond acceptors (Lipinski definition) is 1. The number of ether oxygens (including phenoxy) is 1. The van der Waals surface area contributed by atoms with Crippen molar-refractivity contribution in [3.63, 3.8) is 0 Å². The predicted molar refractivity (Wildman–Crippen MR) is 78.6 cm³/mol. The van der Waals surface area contributed by atoms with E-state index in [2.05, 4.69) is 29.6 Å². The lowest BCUT2D eigenvalue weighted by Gasteiger charge is -2.07. The Morgan fingerprint density at radius 1 is 1.05 bits per heavy atom. The summed E-state index contributed by atoms with van der Waals surface area (Å²) in [4.78, 5) is 0. The maximum absolute atomic E-state index is 5.86. The van der Waals surface area contributed by atoms with E-state index in [0.29, 0.717) is 0 Å². The molecule has 100 valence electrons. The zero-order valence-electron chi connectivity index (χ0n) is 11.1. The third kappa shape index (κ3) is 4.27. The van der Waals surface area contributed by atoms with Crippen molar-refractivity contribution in [3.8, 4) is 5.75 Å². The van der Waals surface area contributed by atoms with Crippen LogP contribution in [0.1, 0.15) is 11.1 Å². The van der Waals surface area contributed by atoms with E-state index < -0.39 is 0 Å². The van der Waals surface area contributed by atoms with Gasteiger partial charge in [0, 0.05) is 17.0 Å². The van der Waals surface area contributed by atoms with Gasteiger partial charge in [0.05, 0.1) is 13.7 Å². The normalized spacial score (nSPS) is 10.4. The van der Waals surface area contributed by atoms with Crippen LogP contribution in [0.15, 0.2) is 48.5 Å².